The molecule has 6 nitrogen and oxygen atoms in total. The molecule has 3 atom stereocenters. The first-order valence-electron chi connectivity index (χ1n) is 7.63. The van der Waals surface area contributed by atoms with Crippen molar-refractivity contribution in [3.63, 3.8) is 0 Å². The second kappa shape index (κ2) is 8.00. The van der Waals surface area contributed by atoms with Crippen molar-refractivity contribution in [1.29, 1.82) is 0 Å². The third-order valence-corrected chi connectivity index (χ3v) is 3.85. The third-order valence-electron chi connectivity index (χ3n) is 3.85. The van der Waals surface area contributed by atoms with Crippen LogP contribution < -0.4 is 10.6 Å². The van der Waals surface area contributed by atoms with Crippen molar-refractivity contribution in [3.8, 4) is 0 Å². The maximum Gasteiger partial charge on any atom is 0.325 e. The van der Waals surface area contributed by atoms with E-state index >= 15 is 0 Å². The van der Waals surface area contributed by atoms with E-state index in [1.165, 1.54) is 6.92 Å². The van der Waals surface area contributed by atoms with Crippen LogP contribution in [0.3, 0.4) is 0 Å². The molecule has 0 aromatic carbocycles. The predicted molar refractivity (Wildman–Crippen MR) is 78.5 cm³/mol. The molecule has 1 aliphatic carbocycles. The van der Waals surface area contributed by atoms with Gasteiger partial charge in [0.1, 0.15) is 6.04 Å². The molecule has 1 saturated carbocycles. The number of hydrogen-bond donors (Lipinski definition) is 3. The largest absolute Gasteiger partial charge is 0.480 e. The van der Waals surface area contributed by atoms with Crippen LogP contribution in [0.25, 0.3) is 0 Å². The Balaban J connectivity index is 2.65. The summed E-state index contributed by atoms with van der Waals surface area (Å²) < 4.78 is 0. The van der Waals surface area contributed by atoms with E-state index in [9.17, 15) is 14.4 Å². The zero-order valence-electron chi connectivity index (χ0n) is 13.0. The lowest BCUT2D eigenvalue weighted by Crippen LogP contribution is -2.48. The van der Waals surface area contributed by atoms with E-state index in [1.54, 1.807) is 0 Å². The number of carbonyl (C=O) groups is 3. The molecular formula is C15H26N2O4. The summed E-state index contributed by atoms with van der Waals surface area (Å²) in [6.45, 7) is 6.05. The highest BCUT2D eigenvalue weighted by Crippen LogP contribution is 2.30. The summed E-state index contributed by atoms with van der Waals surface area (Å²) in [5, 5.41) is 14.2. The maximum absolute atomic E-state index is 12.2. The molecule has 0 saturated heterocycles. The predicted octanol–water partition coefficient (Wildman–Crippen LogP) is 1.15. The molecule has 21 heavy (non-hydrogen) atoms. The van der Waals surface area contributed by atoms with Crippen LogP contribution in [0.5, 0.6) is 0 Å². The Morgan fingerprint density at radius 3 is 2.05 bits per heavy atom. The Morgan fingerprint density at radius 2 is 1.57 bits per heavy atom. The van der Waals surface area contributed by atoms with E-state index in [1.807, 2.05) is 13.8 Å². The lowest BCUT2D eigenvalue weighted by molar-refractivity contribution is -0.143. The van der Waals surface area contributed by atoms with Crippen molar-refractivity contribution in [3.05, 3.63) is 0 Å². The topological polar surface area (TPSA) is 95.5 Å². The molecule has 0 heterocycles. The van der Waals surface area contributed by atoms with Crippen molar-refractivity contribution in [2.45, 2.75) is 52.5 Å². The number of carboxylic acids is 1. The Hall–Kier alpha value is -1.59. The van der Waals surface area contributed by atoms with Crippen LogP contribution in [0, 0.1) is 17.8 Å². The fourth-order valence-corrected chi connectivity index (χ4v) is 2.58. The molecule has 1 fully saturated rings. The monoisotopic (exact) mass is 298 g/mol. The first kappa shape index (κ1) is 17.5. The highest BCUT2D eigenvalue weighted by Gasteiger charge is 2.36. The van der Waals surface area contributed by atoms with Gasteiger partial charge in [-0.1, -0.05) is 26.7 Å². The smallest absolute Gasteiger partial charge is 0.325 e. The molecule has 120 valence electrons. The first-order valence-corrected chi connectivity index (χ1v) is 7.63. The lowest BCUT2D eigenvalue weighted by atomic mass is 9.78. The van der Waals surface area contributed by atoms with Crippen LogP contribution in [-0.2, 0) is 14.4 Å². The molecule has 0 aliphatic heterocycles. The van der Waals surface area contributed by atoms with Crippen LogP contribution in [0.15, 0.2) is 0 Å². The summed E-state index contributed by atoms with van der Waals surface area (Å²) in [6, 6.07) is -0.932. The van der Waals surface area contributed by atoms with E-state index < -0.39 is 17.9 Å². The molecule has 2 amide bonds. The van der Waals surface area contributed by atoms with Gasteiger partial charge in [0.2, 0.25) is 11.8 Å². The highest BCUT2D eigenvalue weighted by molar-refractivity contribution is 5.90. The molecule has 0 aromatic heterocycles. The normalized spacial score (nSPS) is 23.4. The Kier molecular flexibility index (Phi) is 6.65. The van der Waals surface area contributed by atoms with Crippen LogP contribution in [0.2, 0.25) is 0 Å². The summed E-state index contributed by atoms with van der Waals surface area (Å²) in [4.78, 5) is 35.3. The summed E-state index contributed by atoms with van der Waals surface area (Å²) >= 11 is 0. The summed E-state index contributed by atoms with van der Waals surface area (Å²) in [6.07, 6.45) is 3.15. The van der Waals surface area contributed by atoms with Gasteiger partial charge in [-0.05, 0) is 25.7 Å². The Morgan fingerprint density at radius 1 is 1.05 bits per heavy atom. The Bertz CT molecular complexity index is 395. The molecular weight excluding hydrogens is 272 g/mol. The average molecular weight is 298 g/mol. The van der Waals surface area contributed by atoms with Crippen LogP contribution >= 0.6 is 0 Å². The molecule has 3 N–H and O–H groups in total. The van der Waals surface area contributed by atoms with Crippen molar-refractivity contribution >= 4 is 17.8 Å². The van der Waals surface area contributed by atoms with E-state index in [0.29, 0.717) is 25.3 Å². The molecule has 0 aromatic rings. The molecule has 0 bridgehead atoms. The number of aliphatic carboxylic acids is 1. The number of carboxylic acid groups (broad SMARTS) is 1. The molecule has 1 aliphatic rings. The first-order chi connectivity index (χ1) is 9.82. The van der Waals surface area contributed by atoms with E-state index in [2.05, 4.69) is 10.6 Å². The lowest BCUT2D eigenvalue weighted by Gasteiger charge is -2.30. The fourth-order valence-electron chi connectivity index (χ4n) is 2.58. The van der Waals surface area contributed by atoms with Gasteiger partial charge in [0.15, 0.2) is 0 Å². The molecule has 1 rings (SSSR count). The number of nitrogens with one attached hydrogen (secondary N) is 2. The second-order valence-corrected chi connectivity index (χ2v) is 6.20. The van der Waals surface area contributed by atoms with Crippen LogP contribution in [0.1, 0.15) is 46.5 Å². The number of amides is 2. The fraction of sp³-hybridized carbons (Fsp3) is 0.800. The van der Waals surface area contributed by atoms with Gasteiger partial charge in [-0.2, -0.15) is 0 Å². The van der Waals surface area contributed by atoms with Crippen molar-refractivity contribution < 1.29 is 19.5 Å². The molecule has 3 unspecified atom stereocenters. The van der Waals surface area contributed by atoms with Gasteiger partial charge in [0.05, 0.1) is 0 Å². The number of carbonyl (C=O) groups excluding carboxylic acids is 2. The van der Waals surface area contributed by atoms with Crippen molar-refractivity contribution in [2.75, 3.05) is 6.54 Å². The average Bonchev–Trinajstić information content (AvgIpc) is 2.44. The Labute approximate surface area is 125 Å². The maximum atomic E-state index is 12.2. The standard InChI is InChI=1S/C15H26N2O4/c1-9(2)8-16-13(18)11-6-4-5-7-12(11)14(19)17-10(3)15(20)21/h9-12H,4-8H2,1-3H3,(H,16,18)(H,17,19)(H,20,21). The van der Waals surface area contributed by atoms with Gasteiger partial charge in [0, 0.05) is 18.4 Å². The SMILES string of the molecule is CC(C)CNC(=O)C1CCCCC1C(=O)NC(C)C(=O)O. The van der Waals surface area contributed by atoms with Gasteiger partial charge in [-0.3, -0.25) is 14.4 Å². The quantitative estimate of drug-likeness (QED) is 0.685. The number of hydrogen-bond acceptors (Lipinski definition) is 3. The van der Waals surface area contributed by atoms with Gasteiger partial charge >= 0.3 is 5.97 Å². The molecule has 0 spiro atoms. The van der Waals surface area contributed by atoms with E-state index in [0.717, 1.165) is 12.8 Å². The minimum atomic E-state index is -1.07. The molecule has 6 heteroatoms. The third kappa shape index (κ3) is 5.36. The van der Waals surface area contributed by atoms with E-state index in [4.69, 9.17) is 5.11 Å². The van der Waals surface area contributed by atoms with Crippen LogP contribution in [-0.4, -0.2) is 35.5 Å². The van der Waals surface area contributed by atoms with Gasteiger partial charge in [0.25, 0.3) is 0 Å². The highest BCUT2D eigenvalue weighted by atomic mass is 16.4. The van der Waals surface area contributed by atoms with Gasteiger partial charge in [-0.25, -0.2) is 0 Å². The van der Waals surface area contributed by atoms with Gasteiger partial charge < -0.3 is 15.7 Å². The zero-order chi connectivity index (χ0) is 16.0. The summed E-state index contributed by atoms with van der Waals surface area (Å²) in [7, 11) is 0. The number of rotatable bonds is 6. The second-order valence-electron chi connectivity index (χ2n) is 6.20. The zero-order valence-corrected chi connectivity index (χ0v) is 13.0. The summed E-state index contributed by atoms with van der Waals surface area (Å²) in [5.74, 6) is -1.90. The summed E-state index contributed by atoms with van der Waals surface area (Å²) in [5.41, 5.74) is 0. The van der Waals surface area contributed by atoms with Crippen LogP contribution in [0.4, 0.5) is 0 Å². The van der Waals surface area contributed by atoms with E-state index in [-0.39, 0.29) is 17.7 Å². The van der Waals surface area contributed by atoms with Gasteiger partial charge in [-0.15, -0.1) is 0 Å². The van der Waals surface area contributed by atoms with Crippen molar-refractivity contribution in [1.82, 2.24) is 10.6 Å². The minimum absolute atomic E-state index is 0.0912. The minimum Gasteiger partial charge on any atom is -0.480 e. The molecule has 0 radical (unpaired) electrons. The van der Waals surface area contributed by atoms with Crippen molar-refractivity contribution in [2.24, 2.45) is 17.8 Å².